The number of rotatable bonds is 8. The molecule has 1 unspecified atom stereocenters. The summed E-state index contributed by atoms with van der Waals surface area (Å²) in [4.78, 5) is 4.41. The second-order valence-corrected chi connectivity index (χ2v) is 6.79. The number of aliphatic imine (C=N–C) groups is 1. The summed E-state index contributed by atoms with van der Waals surface area (Å²) in [5, 5.41) is 3.16. The molecule has 0 spiro atoms. The molecule has 1 aliphatic rings. The number of methoxy groups -OCH3 is 1. The molecule has 0 aromatic heterocycles. The van der Waals surface area contributed by atoms with Gasteiger partial charge in [0.15, 0.2) is 5.96 Å². The van der Waals surface area contributed by atoms with E-state index in [2.05, 4.69) is 34.6 Å². The molecule has 0 saturated heterocycles. The fourth-order valence-electron chi connectivity index (χ4n) is 3.47. The van der Waals surface area contributed by atoms with Crippen molar-refractivity contribution in [2.75, 3.05) is 25.6 Å². The van der Waals surface area contributed by atoms with E-state index >= 15 is 0 Å². The second-order valence-electron chi connectivity index (χ2n) is 6.79. The number of benzene rings is 2. The zero-order valence-electron chi connectivity index (χ0n) is 16.0. The summed E-state index contributed by atoms with van der Waals surface area (Å²) < 4.78 is 11.3. The van der Waals surface area contributed by atoms with Gasteiger partial charge in [0.05, 0.1) is 12.7 Å². The van der Waals surface area contributed by atoms with Crippen LogP contribution in [0.5, 0.6) is 0 Å². The second kappa shape index (κ2) is 10.1. The minimum Gasteiger partial charge on any atom is -0.380 e. The van der Waals surface area contributed by atoms with Crippen molar-refractivity contribution in [3.63, 3.8) is 0 Å². The topological polar surface area (TPSA) is 68.9 Å². The number of fused-ring (bicyclic) bond motifs is 1. The van der Waals surface area contributed by atoms with Crippen molar-refractivity contribution in [1.82, 2.24) is 0 Å². The van der Waals surface area contributed by atoms with Gasteiger partial charge in [0, 0.05) is 31.5 Å². The van der Waals surface area contributed by atoms with Crippen LogP contribution >= 0.6 is 0 Å². The summed E-state index contributed by atoms with van der Waals surface area (Å²) in [6.07, 6.45) is 4.52. The molecule has 144 valence electrons. The SMILES string of the molecule is COCc1ccccc1NC(N)=NCCCOC1CCCc2ccccc21. The van der Waals surface area contributed by atoms with Crippen LogP contribution in [0.4, 0.5) is 5.69 Å². The van der Waals surface area contributed by atoms with E-state index in [9.17, 15) is 0 Å². The van der Waals surface area contributed by atoms with Crippen LogP contribution in [0.15, 0.2) is 53.5 Å². The Morgan fingerprint density at radius 1 is 1.19 bits per heavy atom. The largest absolute Gasteiger partial charge is 0.380 e. The maximum atomic E-state index is 6.11. The highest BCUT2D eigenvalue weighted by Crippen LogP contribution is 2.32. The van der Waals surface area contributed by atoms with Crippen molar-refractivity contribution >= 4 is 11.6 Å². The van der Waals surface area contributed by atoms with Crippen molar-refractivity contribution in [3.8, 4) is 0 Å². The number of nitrogens with one attached hydrogen (secondary N) is 1. The Balaban J connectivity index is 1.44. The molecule has 0 fully saturated rings. The van der Waals surface area contributed by atoms with Gasteiger partial charge in [-0.05, 0) is 42.9 Å². The normalized spacial score (nSPS) is 16.8. The van der Waals surface area contributed by atoms with Crippen LogP contribution in [0.25, 0.3) is 0 Å². The minimum absolute atomic E-state index is 0.218. The molecule has 0 heterocycles. The fraction of sp³-hybridized carbons (Fsp3) is 0.409. The zero-order valence-corrected chi connectivity index (χ0v) is 16.0. The maximum absolute atomic E-state index is 6.11. The molecule has 1 atom stereocenters. The lowest BCUT2D eigenvalue weighted by molar-refractivity contribution is 0.0403. The van der Waals surface area contributed by atoms with Crippen LogP contribution in [0, 0.1) is 0 Å². The molecule has 5 heteroatoms. The van der Waals surface area contributed by atoms with Crippen molar-refractivity contribution in [2.24, 2.45) is 10.7 Å². The summed E-state index contributed by atoms with van der Waals surface area (Å²) in [7, 11) is 1.68. The van der Waals surface area contributed by atoms with E-state index in [1.807, 2.05) is 24.3 Å². The van der Waals surface area contributed by atoms with Gasteiger partial charge in [-0.2, -0.15) is 0 Å². The molecule has 2 aromatic rings. The zero-order chi connectivity index (χ0) is 18.9. The summed E-state index contributed by atoms with van der Waals surface area (Å²) in [6, 6.07) is 16.5. The Hall–Kier alpha value is -2.37. The molecule has 0 aliphatic heterocycles. The lowest BCUT2D eigenvalue weighted by atomic mass is 9.89. The molecule has 3 N–H and O–H groups in total. The van der Waals surface area contributed by atoms with E-state index < -0.39 is 0 Å². The summed E-state index contributed by atoms with van der Waals surface area (Å²) in [6.45, 7) is 1.86. The number of guanidine groups is 1. The molecule has 0 amide bonds. The first kappa shape index (κ1) is 19.4. The molecule has 27 heavy (non-hydrogen) atoms. The number of aryl methyl sites for hydroxylation is 1. The average Bonchev–Trinajstić information content (AvgIpc) is 2.69. The number of hydrogen-bond acceptors (Lipinski definition) is 3. The van der Waals surface area contributed by atoms with Crippen LogP contribution in [0.1, 0.15) is 42.1 Å². The van der Waals surface area contributed by atoms with Gasteiger partial charge < -0.3 is 20.5 Å². The lowest BCUT2D eigenvalue weighted by Crippen LogP contribution is -2.23. The average molecular weight is 367 g/mol. The van der Waals surface area contributed by atoms with Gasteiger partial charge in [0.1, 0.15) is 0 Å². The van der Waals surface area contributed by atoms with E-state index in [0.29, 0.717) is 25.7 Å². The van der Waals surface area contributed by atoms with Gasteiger partial charge in [0.2, 0.25) is 0 Å². The number of ether oxygens (including phenoxy) is 2. The lowest BCUT2D eigenvalue weighted by Gasteiger charge is -2.25. The standard InChI is InChI=1S/C22H29N3O2/c1-26-16-18-9-3-5-12-20(18)25-22(23)24-14-7-15-27-21-13-6-10-17-8-2-4-11-19(17)21/h2-5,8-9,11-12,21H,6-7,10,13-16H2,1H3,(H3,23,24,25). The monoisotopic (exact) mass is 367 g/mol. The molecule has 0 bridgehead atoms. The Labute approximate surface area is 161 Å². The van der Waals surface area contributed by atoms with Gasteiger partial charge in [-0.25, -0.2) is 0 Å². The first-order valence-electron chi connectivity index (χ1n) is 9.61. The molecule has 1 aliphatic carbocycles. The number of nitrogens with two attached hydrogens (primary N) is 1. The van der Waals surface area contributed by atoms with Gasteiger partial charge >= 0.3 is 0 Å². The van der Waals surface area contributed by atoms with Crippen LogP contribution in [-0.2, 0) is 22.5 Å². The fourth-order valence-corrected chi connectivity index (χ4v) is 3.47. The number of nitrogens with zero attached hydrogens (tertiary/aromatic N) is 1. The maximum Gasteiger partial charge on any atom is 0.193 e. The highest BCUT2D eigenvalue weighted by atomic mass is 16.5. The molecular weight excluding hydrogens is 338 g/mol. The Kier molecular flexibility index (Phi) is 7.25. The van der Waals surface area contributed by atoms with E-state index in [-0.39, 0.29) is 6.10 Å². The third-order valence-corrected chi connectivity index (χ3v) is 4.80. The Bertz CT molecular complexity index is 761. The number of para-hydroxylation sites is 1. The summed E-state index contributed by atoms with van der Waals surface area (Å²) in [5.41, 5.74) is 10.8. The number of anilines is 1. The quantitative estimate of drug-likeness (QED) is 0.420. The van der Waals surface area contributed by atoms with Crippen molar-refractivity contribution in [2.45, 2.75) is 38.4 Å². The van der Waals surface area contributed by atoms with E-state index in [1.54, 1.807) is 7.11 Å². The van der Waals surface area contributed by atoms with Crippen LogP contribution in [0.3, 0.4) is 0 Å². The van der Waals surface area contributed by atoms with Crippen LogP contribution < -0.4 is 11.1 Å². The van der Waals surface area contributed by atoms with Crippen molar-refractivity contribution in [3.05, 3.63) is 65.2 Å². The van der Waals surface area contributed by atoms with Gasteiger partial charge in [-0.3, -0.25) is 4.99 Å². The Morgan fingerprint density at radius 2 is 2.00 bits per heavy atom. The van der Waals surface area contributed by atoms with Crippen molar-refractivity contribution < 1.29 is 9.47 Å². The molecule has 5 nitrogen and oxygen atoms in total. The van der Waals surface area contributed by atoms with Crippen LogP contribution in [-0.4, -0.2) is 26.2 Å². The summed E-state index contributed by atoms with van der Waals surface area (Å²) in [5.74, 6) is 0.418. The van der Waals surface area contributed by atoms with Gasteiger partial charge in [0.25, 0.3) is 0 Å². The predicted octanol–water partition coefficient (Wildman–Crippen LogP) is 4.04. The first-order valence-corrected chi connectivity index (χ1v) is 9.61. The third kappa shape index (κ3) is 5.55. The predicted molar refractivity (Wildman–Crippen MR) is 110 cm³/mol. The molecule has 0 radical (unpaired) electrons. The van der Waals surface area contributed by atoms with Gasteiger partial charge in [-0.1, -0.05) is 42.5 Å². The molecular formula is C22H29N3O2. The highest BCUT2D eigenvalue weighted by molar-refractivity contribution is 5.92. The van der Waals surface area contributed by atoms with E-state index in [0.717, 1.165) is 30.5 Å². The van der Waals surface area contributed by atoms with E-state index in [1.165, 1.54) is 17.5 Å². The third-order valence-electron chi connectivity index (χ3n) is 4.80. The van der Waals surface area contributed by atoms with Crippen LogP contribution in [0.2, 0.25) is 0 Å². The highest BCUT2D eigenvalue weighted by Gasteiger charge is 2.19. The Morgan fingerprint density at radius 3 is 2.89 bits per heavy atom. The molecule has 0 saturated carbocycles. The molecule has 2 aromatic carbocycles. The van der Waals surface area contributed by atoms with Crippen molar-refractivity contribution in [1.29, 1.82) is 0 Å². The minimum atomic E-state index is 0.218. The number of hydrogen-bond donors (Lipinski definition) is 2. The molecule has 3 rings (SSSR count). The van der Waals surface area contributed by atoms with E-state index in [4.69, 9.17) is 15.2 Å². The van der Waals surface area contributed by atoms with Gasteiger partial charge in [-0.15, -0.1) is 0 Å². The summed E-state index contributed by atoms with van der Waals surface area (Å²) >= 11 is 0. The smallest absolute Gasteiger partial charge is 0.193 e. The first-order chi connectivity index (χ1) is 13.3.